The molecule has 0 spiro atoms. The molecule has 0 saturated carbocycles. The highest BCUT2D eigenvalue weighted by Gasteiger charge is 2.17. The Balaban J connectivity index is 1.68. The van der Waals surface area contributed by atoms with Crippen molar-refractivity contribution in [2.45, 2.75) is 32.5 Å². The van der Waals surface area contributed by atoms with Crippen LogP contribution in [0.4, 0.5) is 0 Å². The predicted molar refractivity (Wildman–Crippen MR) is 79.0 cm³/mol. The Morgan fingerprint density at radius 3 is 2.89 bits per heavy atom. The molecule has 0 saturated heterocycles. The van der Waals surface area contributed by atoms with Crippen molar-refractivity contribution in [3.8, 4) is 0 Å². The third-order valence-corrected chi connectivity index (χ3v) is 4.65. The van der Waals surface area contributed by atoms with E-state index in [9.17, 15) is 0 Å². The van der Waals surface area contributed by atoms with Crippen LogP contribution >= 0.6 is 11.3 Å². The molecule has 0 radical (unpaired) electrons. The third kappa shape index (κ3) is 2.86. The van der Waals surface area contributed by atoms with Gasteiger partial charge in [0, 0.05) is 25.0 Å². The van der Waals surface area contributed by atoms with Crippen LogP contribution in [-0.2, 0) is 19.5 Å². The van der Waals surface area contributed by atoms with Crippen LogP contribution in [0.2, 0.25) is 0 Å². The number of hydrogen-bond acceptors (Lipinski definition) is 4. The molecule has 1 aliphatic rings. The Labute approximate surface area is 118 Å². The van der Waals surface area contributed by atoms with Gasteiger partial charge in [0.1, 0.15) is 5.01 Å². The first-order chi connectivity index (χ1) is 9.22. The summed E-state index contributed by atoms with van der Waals surface area (Å²) in [6.07, 6.45) is 1.14. The van der Waals surface area contributed by atoms with Crippen LogP contribution in [0.3, 0.4) is 0 Å². The van der Waals surface area contributed by atoms with Gasteiger partial charge < -0.3 is 5.73 Å². The van der Waals surface area contributed by atoms with Gasteiger partial charge in [-0.3, -0.25) is 4.90 Å². The molecule has 1 unspecified atom stereocenters. The molecule has 0 bridgehead atoms. The predicted octanol–water partition coefficient (Wildman–Crippen LogP) is 2.72. The summed E-state index contributed by atoms with van der Waals surface area (Å²) in [6.45, 7) is 5.06. The monoisotopic (exact) mass is 273 g/mol. The van der Waals surface area contributed by atoms with Gasteiger partial charge in [0.15, 0.2) is 0 Å². The van der Waals surface area contributed by atoms with Crippen molar-refractivity contribution < 1.29 is 0 Å². The normalized spacial score (nSPS) is 17.2. The molecule has 3 nitrogen and oxygen atoms in total. The molecule has 2 N–H and O–H groups in total. The summed E-state index contributed by atoms with van der Waals surface area (Å²) in [5, 5.41) is 3.17. The number of nitrogens with zero attached hydrogens (tertiary/aromatic N) is 2. The van der Waals surface area contributed by atoms with Gasteiger partial charge in [-0.1, -0.05) is 24.3 Å². The van der Waals surface area contributed by atoms with Crippen molar-refractivity contribution in [3.05, 3.63) is 51.5 Å². The standard InChI is InChI=1S/C15H19N3S/c1-11(16)15-17-14(10-19-15)9-18-7-6-12-4-2-3-5-13(12)8-18/h2-5,10-11H,6-9,16H2,1H3. The van der Waals surface area contributed by atoms with Crippen LogP contribution in [0.25, 0.3) is 0 Å². The lowest BCUT2D eigenvalue weighted by Crippen LogP contribution is -2.30. The molecule has 2 aromatic rings. The smallest absolute Gasteiger partial charge is 0.109 e. The fourth-order valence-corrected chi connectivity index (χ4v) is 3.29. The van der Waals surface area contributed by atoms with Crippen molar-refractivity contribution in [2.24, 2.45) is 5.73 Å². The second kappa shape index (κ2) is 5.41. The quantitative estimate of drug-likeness (QED) is 0.935. The molecule has 19 heavy (non-hydrogen) atoms. The number of benzene rings is 1. The van der Waals surface area contributed by atoms with Gasteiger partial charge in [-0.25, -0.2) is 4.98 Å². The number of fused-ring (bicyclic) bond motifs is 1. The SMILES string of the molecule is CC(N)c1nc(CN2CCc3ccccc3C2)cs1. The van der Waals surface area contributed by atoms with Crippen molar-refractivity contribution in [1.29, 1.82) is 0 Å². The Morgan fingerprint density at radius 1 is 1.37 bits per heavy atom. The van der Waals surface area contributed by atoms with E-state index < -0.39 is 0 Å². The first-order valence-corrected chi connectivity index (χ1v) is 7.59. The van der Waals surface area contributed by atoms with Gasteiger partial charge in [-0.2, -0.15) is 0 Å². The van der Waals surface area contributed by atoms with Crippen molar-refractivity contribution >= 4 is 11.3 Å². The van der Waals surface area contributed by atoms with E-state index in [1.165, 1.54) is 11.1 Å². The van der Waals surface area contributed by atoms with Gasteiger partial charge in [-0.05, 0) is 24.5 Å². The number of rotatable bonds is 3. The lowest BCUT2D eigenvalue weighted by Gasteiger charge is -2.28. The molecule has 0 fully saturated rings. The number of thiazole rings is 1. The van der Waals surface area contributed by atoms with Crippen LogP contribution in [0.1, 0.15) is 34.8 Å². The highest BCUT2D eigenvalue weighted by molar-refractivity contribution is 7.09. The highest BCUT2D eigenvalue weighted by Crippen LogP contribution is 2.22. The minimum atomic E-state index is 0.0424. The molecular formula is C15H19N3S. The Hall–Kier alpha value is -1.23. The Bertz CT molecular complexity index is 562. The largest absolute Gasteiger partial charge is 0.322 e. The van der Waals surface area contributed by atoms with Crippen LogP contribution in [0, 0.1) is 0 Å². The van der Waals surface area contributed by atoms with E-state index in [2.05, 4.69) is 39.5 Å². The van der Waals surface area contributed by atoms with E-state index in [-0.39, 0.29) is 6.04 Å². The molecule has 4 heteroatoms. The maximum absolute atomic E-state index is 5.86. The summed E-state index contributed by atoms with van der Waals surface area (Å²) < 4.78 is 0. The van der Waals surface area contributed by atoms with E-state index >= 15 is 0 Å². The summed E-state index contributed by atoms with van der Waals surface area (Å²) in [5.41, 5.74) is 9.96. The van der Waals surface area contributed by atoms with Crippen LogP contribution in [0.5, 0.6) is 0 Å². The first kappa shape index (κ1) is 12.8. The zero-order valence-corrected chi connectivity index (χ0v) is 12.0. The molecular weight excluding hydrogens is 254 g/mol. The molecule has 2 heterocycles. The van der Waals surface area contributed by atoms with Gasteiger partial charge in [-0.15, -0.1) is 11.3 Å². The summed E-state index contributed by atoms with van der Waals surface area (Å²) >= 11 is 1.67. The van der Waals surface area contributed by atoms with Crippen molar-refractivity contribution in [3.63, 3.8) is 0 Å². The van der Waals surface area contributed by atoms with E-state index in [0.717, 1.165) is 36.8 Å². The van der Waals surface area contributed by atoms with Gasteiger partial charge >= 0.3 is 0 Å². The third-order valence-electron chi connectivity index (χ3n) is 3.55. The lowest BCUT2D eigenvalue weighted by atomic mass is 10.00. The van der Waals surface area contributed by atoms with Crippen LogP contribution in [-0.4, -0.2) is 16.4 Å². The second-order valence-corrected chi connectivity index (χ2v) is 6.08. The maximum atomic E-state index is 5.86. The fraction of sp³-hybridized carbons (Fsp3) is 0.400. The maximum Gasteiger partial charge on any atom is 0.109 e. The Morgan fingerprint density at radius 2 is 2.16 bits per heavy atom. The average Bonchev–Trinajstić information content (AvgIpc) is 2.87. The molecule has 1 aliphatic heterocycles. The van der Waals surface area contributed by atoms with E-state index in [1.807, 2.05) is 6.92 Å². The summed E-state index contributed by atoms with van der Waals surface area (Å²) in [4.78, 5) is 7.07. The van der Waals surface area contributed by atoms with Gasteiger partial charge in [0.25, 0.3) is 0 Å². The second-order valence-electron chi connectivity index (χ2n) is 5.20. The number of nitrogens with two attached hydrogens (primary N) is 1. The number of hydrogen-bond donors (Lipinski definition) is 1. The molecule has 0 aliphatic carbocycles. The zero-order chi connectivity index (χ0) is 13.2. The van der Waals surface area contributed by atoms with Crippen molar-refractivity contribution in [2.75, 3.05) is 6.54 Å². The molecule has 1 atom stereocenters. The summed E-state index contributed by atoms with van der Waals surface area (Å²) in [5.74, 6) is 0. The summed E-state index contributed by atoms with van der Waals surface area (Å²) in [7, 11) is 0. The van der Waals surface area contributed by atoms with E-state index in [1.54, 1.807) is 11.3 Å². The minimum Gasteiger partial charge on any atom is -0.322 e. The first-order valence-electron chi connectivity index (χ1n) is 6.71. The number of aromatic nitrogens is 1. The topological polar surface area (TPSA) is 42.1 Å². The van der Waals surface area contributed by atoms with Gasteiger partial charge in [0.2, 0.25) is 0 Å². The molecule has 0 amide bonds. The van der Waals surface area contributed by atoms with E-state index in [4.69, 9.17) is 5.73 Å². The lowest BCUT2D eigenvalue weighted by molar-refractivity contribution is 0.243. The fourth-order valence-electron chi connectivity index (χ4n) is 2.52. The average molecular weight is 273 g/mol. The Kier molecular flexibility index (Phi) is 3.64. The summed E-state index contributed by atoms with van der Waals surface area (Å²) in [6, 6.07) is 8.77. The molecule has 1 aromatic carbocycles. The van der Waals surface area contributed by atoms with Crippen molar-refractivity contribution in [1.82, 2.24) is 9.88 Å². The van der Waals surface area contributed by atoms with Crippen LogP contribution < -0.4 is 5.73 Å². The zero-order valence-electron chi connectivity index (χ0n) is 11.2. The highest BCUT2D eigenvalue weighted by atomic mass is 32.1. The molecule has 3 rings (SSSR count). The van der Waals surface area contributed by atoms with E-state index in [0.29, 0.717) is 0 Å². The molecule has 100 valence electrons. The van der Waals surface area contributed by atoms with Crippen LogP contribution in [0.15, 0.2) is 29.6 Å². The van der Waals surface area contributed by atoms with Gasteiger partial charge in [0.05, 0.1) is 11.7 Å². The molecule has 1 aromatic heterocycles. The minimum absolute atomic E-state index is 0.0424.